The molecule has 2 nitrogen and oxygen atoms in total. The van der Waals surface area contributed by atoms with Crippen LogP contribution in [-0.4, -0.2) is 6.29 Å². The average molecular weight is 362 g/mol. The van der Waals surface area contributed by atoms with Crippen molar-refractivity contribution in [2.24, 2.45) is 17.8 Å². The Balaban J connectivity index is 1.60. The van der Waals surface area contributed by atoms with Gasteiger partial charge < -0.3 is 9.53 Å². The Morgan fingerprint density at radius 2 is 1.54 bits per heavy atom. The SMILES string of the molecule is C/C=C/Oc1ccc(C2CCC(C3CCC(C=O)CC3)CC2)c(F)c1F. The molecule has 0 radical (unpaired) electrons. The summed E-state index contributed by atoms with van der Waals surface area (Å²) in [5.41, 5.74) is 0.485. The molecule has 0 heterocycles. The first-order valence-electron chi connectivity index (χ1n) is 9.85. The fraction of sp³-hybridized carbons (Fsp3) is 0.591. The minimum Gasteiger partial charge on any atom is -0.462 e. The van der Waals surface area contributed by atoms with Crippen LogP contribution >= 0.6 is 0 Å². The molecule has 0 amide bonds. The number of rotatable bonds is 5. The van der Waals surface area contributed by atoms with Crippen LogP contribution in [0.2, 0.25) is 0 Å². The maximum Gasteiger partial charge on any atom is 0.201 e. The van der Waals surface area contributed by atoms with Gasteiger partial charge in [0.05, 0.1) is 6.26 Å². The van der Waals surface area contributed by atoms with Crippen LogP contribution in [0.5, 0.6) is 5.75 Å². The molecule has 2 aliphatic rings. The van der Waals surface area contributed by atoms with Crippen LogP contribution in [-0.2, 0) is 4.79 Å². The number of carbonyl (C=O) groups is 1. The second kappa shape index (κ2) is 8.79. The number of halogens is 2. The van der Waals surface area contributed by atoms with E-state index in [9.17, 15) is 13.6 Å². The van der Waals surface area contributed by atoms with Gasteiger partial charge in [-0.15, -0.1) is 0 Å². The van der Waals surface area contributed by atoms with E-state index in [1.54, 1.807) is 19.1 Å². The van der Waals surface area contributed by atoms with Gasteiger partial charge in [-0.2, -0.15) is 4.39 Å². The van der Waals surface area contributed by atoms with Crippen LogP contribution in [0.1, 0.15) is 69.8 Å². The van der Waals surface area contributed by atoms with Crippen molar-refractivity contribution in [2.75, 3.05) is 0 Å². The van der Waals surface area contributed by atoms with Crippen molar-refractivity contribution in [1.82, 2.24) is 0 Å². The first kappa shape index (κ1) is 19.1. The van der Waals surface area contributed by atoms with E-state index in [0.717, 1.165) is 57.7 Å². The molecule has 1 aromatic rings. The Morgan fingerprint density at radius 3 is 2.12 bits per heavy atom. The molecule has 2 aliphatic carbocycles. The van der Waals surface area contributed by atoms with Crippen molar-refractivity contribution in [1.29, 1.82) is 0 Å². The van der Waals surface area contributed by atoms with E-state index in [1.807, 2.05) is 0 Å². The van der Waals surface area contributed by atoms with Crippen LogP contribution in [0.4, 0.5) is 8.78 Å². The molecule has 0 unspecified atom stereocenters. The quantitative estimate of drug-likeness (QED) is 0.463. The largest absolute Gasteiger partial charge is 0.462 e. The minimum absolute atomic E-state index is 0.0648. The molecule has 0 atom stereocenters. The van der Waals surface area contributed by atoms with Crippen LogP contribution < -0.4 is 4.74 Å². The van der Waals surface area contributed by atoms with Crippen LogP contribution in [0.25, 0.3) is 0 Å². The molecule has 4 heteroatoms. The number of aldehydes is 1. The van der Waals surface area contributed by atoms with E-state index >= 15 is 0 Å². The maximum atomic E-state index is 14.5. The number of hydrogen-bond acceptors (Lipinski definition) is 2. The topological polar surface area (TPSA) is 26.3 Å². The van der Waals surface area contributed by atoms with Gasteiger partial charge >= 0.3 is 0 Å². The molecule has 0 aliphatic heterocycles. The van der Waals surface area contributed by atoms with Gasteiger partial charge in [0.15, 0.2) is 11.6 Å². The first-order valence-corrected chi connectivity index (χ1v) is 9.85. The van der Waals surface area contributed by atoms with Gasteiger partial charge in [-0.25, -0.2) is 4.39 Å². The monoisotopic (exact) mass is 362 g/mol. The second-order valence-corrected chi connectivity index (χ2v) is 7.79. The number of carbonyl (C=O) groups excluding carboxylic acids is 1. The predicted octanol–water partition coefficient (Wildman–Crippen LogP) is 6.16. The third-order valence-electron chi connectivity index (χ3n) is 6.30. The minimum atomic E-state index is -0.894. The maximum absolute atomic E-state index is 14.5. The van der Waals surface area contributed by atoms with Crippen LogP contribution in [0, 0.1) is 29.4 Å². The molecule has 0 saturated heterocycles. The van der Waals surface area contributed by atoms with Crippen molar-refractivity contribution >= 4 is 6.29 Å². The van der Waals surface area contributed by atoms with E-state index in [0.29, 0.717) is 17.4 Å². The summed E-state index contributed by atoms with van der Waals surface area (Å²) in [4.78, 5) is 10.9. The normalized spacial score (nSPS) is 29.7. The third kappa shape index (κ3) is 4.16. The first-order chi connectivity index (χ1) is 12.6. The Kier molecular flexibility index (Phi) is 6.44. The van der Waals surface area contributed by atoms with Gasteiger partial charge in [0.25, 0.3) is 0 Å². The average Bonchev–Trinajstić information content (AvgIpc) is 2.69. The molecule has 26 heavy (non-hydrogen) atoms. The number of benzene rings is 1. The zero-order valence-corrected chi connectivity index (χ0v) is 15.4. The highest BCUT2D eigenvalue weighted by Gasteiger charge is 2.32. The van der Waals surface area contributed by atoms with Gasteiger partial charge in [0, 0.05) is 5.92 Å². The molecule has 1 aromatic carbocycles. The lowest BCUT2D eigenvalue weighted by atomic mass is 9.68. The highest BCUT2D eigenvalue weighted by molar-refractivity contribution is 5.53. The van der Waals surface area contributed by atoms with Crippen LogP contribution in [0.15, 0.2) is 24.5 Å². The zero-order chi connectivity index (χ0) is 18.5. The standard InChI is InChI=1S/C22H28F2O2/c1-2-13-26-20-12-11-19(21(23)22(20)24)18-9-7-17(8-10-18)16-5-3-15(14-25)4-6-16/h2,11-18H,3-10H2,1H3/b13-2+. The lowest BCUT2D eigenvalue weighted by Gasteiger charge is -2.37. The molecule has 3 rings (SSSR count). The summed E-state index contributed by atoms with van der Waals surface area (Å²) >= 11 is 0. The molecule has 2 saturated carbocycles. The van der Waals surface area contributed by atoms with E-state index < -0.39 is 11.6 Å². The molecule has 2 fully saturated rings. The smallest absolute Gasteiger partial charge is 0.201 e. The molecule has 0 bridgehead atoms. The van der Waals surface area contributed by atoms with Crippen molar-refractivity contribution in [3.05, 3.63) is 41.7 Å². The molecular formula is C22H28F2O2. The summed E-state index contributed by atoms with van der Waals surface area (Å²) in [6.07, 6.45) is 12.3. The van der Waals surface area contributed by atoms with Gasteiger partial charge in [0.2, 0.25) is 5.82 Å². The Labute approximate surface area is 154 Å². The van der Waals surface area contributed by atoms with Gasteiger partial charge in [-0.1, -0.05) is 12.1 Å². The molecule has 0 aromatic heterocycles. The Hall–Kier alpha value is -1.71. The van der Waals surface area contributed by atoms with E-state index in [4.69, 9.17) is 4.74 Å². The number of hydrogen-bond donors (Lipinski definition) is 0. The summed E-state index contributed by atoms with van der Waals surface area (Å²) in [6.45, 7) is 1.76. The van der Waals surface area contributed by atoms with Crippen molar-refractivity contribution in [2.45, 2.75) is 64.2 Å². The van der Waals surface area contributed by atoms with Gasteiger partial charge in [0.1, 0.15) is 6.29 Å². The highest BCUT2D eigenvalue weighted by atomic mass is 19.2. The lowest BCUT2D eigenvalue weighted by Crippen LogP contribution is -2.26. The summed E-state index contributed by atoms with van der Waals surface area (Å²) in [5.74, 6) is -0.0120. The fourth-order valence-electron chi connectivity index (χ4n) is 4.75. The number of allylic oxidation sites excluding steroid dienone is 1. The lowest BCUT2D eigenvalue weighted by molar-refractivity contribution is -0.112. The second-order valence-electron chi connectivity index (χ2n) is 7.79. The predicted molar refractivity (Wildman–Crippen MR) is 98.0 cm³/mol. The van der Waals surface area contributed by atoms with Crippen LogP contribution in [0.3, 0.4) is 0 Å². The summed E-state index contributed by atoms with van der Waals surface area (Å²) in [5, 5.41) is 0. The van der Waals surface area contributed by atoms with Crippen molar-refractivity contribution in [3.8, 4) is 5.75 Å². The van der Waals surface area contributed by atoms with Gasteiger partial charge in [-0.3, -0.25) is 0 Å². The van der Waals surface area contributed by atoms with Crippen molar-refractivity contribution < 1.29 is 18.3 Å². The summed E-state index contributed by atoms with van der Waals surface area (Å²) < 4.78 is 33.8. The molecule has 0 N–H and O–H groups in total. The highest BCUT2D eigenvalue weighted by Crippen LogP contribution is 2.44. The zero-order valence-electron chi connectivity index (χ0n) is 15.4. The fourth-order valence-corrected chi connectivity index (χ4v) is 4.75. The summed E-state index contributed by atoms with van der Waals surface area (Å²) in [6, 6.07) is 3.21. The van der Waals surface area contributed by atoms with E-state index in [-0.39, 0.29) is 17.6 Å². The molecule has 0 spiro atoms. The van der Waals surface area contributed by atoms with Crippen molar-refractivity contribution in [3.63, 3.8) is 0 Å². The Morgan fingerprint density at radius 1 is 0.923 bits per heavy atom. The molecular weight excluding hydrogens is 334 g/mol. The van der Waals surface area contributed by atoms with E-state index in [2.05, 4.69) is 0 Å². The Bertz CT molecular complexity index is 640. The summed E-state index contributed by atoms with van der Waals surface area (Å²) in [7, 11) is 0. The third-order valence-corrected chi connectivity index (χ3v) is 6.30. The van der Waals surface area contributed by atoms with Gasteiger partial charge in [-0.05, 0) is 87.7 Å². The molecule has 142 valence electrons. The number of ether oxygens (including phenoxy) is 1. The van der Waals surface area contributed by atoms with E-state index in [1.165, 1.54) is 12.3 Å².